The summed E-state index contributed by atoms with van der Waals surface area (Å²) in [5.41, 5.74) is -0.284. The van der Waals surface area contributed by atoms with E-state index in [0.717, 1.165) is 6.07 Å². The van der Waals surface area contributed by atoms with Crippen LogP contribution in [0.1, 0.15) is 30.3 Å². The van der Waals surface area contributed by atoms with E-state index >= 15 is 0 Å². The lowest BCUT2D eigenvalue weighted by molar-refractivity contribution is -0.0583. The van der Waals surface area contributed by atoms with Crippen LogP contribution in [0.25, 0.3) is 10.9 Å². The Hall–Kier alpha value is -3.11. The van der Waals surface area contributed by atoms with Gasteiger partial charge in [0.1, 0.15) is 30.2 Å². The SMILES string of the molecule is CCC(COC)Oc1cc2c(NCc3cccc(C(F)(F)CO)c3F)nc(C)nc2cc1OC. The van der Waals surface area contributed by atoms with Gasteiger partial charge in [0.25, 0.3) is 5.92 Å². The minimum atomic E-state index is -3.68. The molecule has 0 aliphatic rings. The number of hydrogen-bond acceptors (Lipinski definition) is 7. The highest BCUT2D eigenvalue weighted by Crippen LogP contribution is 2.36. The largest absolute Gasteiger partial charge is 0.493 e. The fourth-order valence-electron chi connectivity index (χ4n) is 3.50. The highest BCUT2D eigenvalue weighted by atomic mass is 19.3. The third-order valence-electron chi connectivity index (χ3n) is 5.31. The second kappa shape index (κ2) is 10.9. The standard InChI is InChI=1S/C24H28F3N3O4/c1-5-16(12-32-3)34-21-9-17-19(10-20(21)33-4)29-14(2)30-23(17)28-11-15-7-6-8-18(22(15)25)24(26,27)13-31/h6-10,16,31H,5,11-13H2,1-4H3,(H,28,29,30). The molecule has 1 aromatic heterocycles. The van der Waals surface area contributed by atoms with Gasteiger partial charge in [-0.1, -0.05) is 19.1 Å². The molecule has 34 heavy (non-hydrogen) atoms. The van der Waals surface area contributed by atoms with E-state index in [4.69, 9.17) is 19.3 Å². The Kier molecular flexibility index (Phi) is 8.16. The van der Waals surface area contributed by atoms with Crippen molar-refractivity contribution >= 4 is 16.7 Å². The van der Waals surface area contributed by atoms with E-state index in [1.54, 1.807) is 26.2 Å². The zero-order valence-corrected chi connectivity index (χ0v) is 19.5. The minimum Gasteiger partial charge on any atom is -0.493 e. The van der Waals surface area contributed by atoms with Crippen LogP contribution in [-0.2, 0) is 17.2 Å². The van der Waals surface area contributed by atoms with Crippen molar-refractivity contribution in [1.29, 1.82) is 0 Å². The molecule has 2 aromatic carbocycles. The van der Waals surface area contributed by atoms with Crippen LogP contribution in [0, 0.1) is 12.7 Å². The van der Waals surface area contributed by atoms with E-state index in [0.29, 0.717) is 47.1 Å². The first-order valence-corrected chi connectivity index (χ1v) is 10.8. The fraction of sp³-hybridized carbons (Fsp3) is 0.417. The molecule has 1 unspecified atom stereocenters. The second-order valence-electron chi connectivity index (χ2n) is 7.74. The number of benzene rings is 2. The Labute approximate surface area is 195 Å². The minimum absolute atomic E-state index is 0.00571. The van der Waals surface area contributed by atoms with E-state index in [9.17, 15) is 13.2 Å². The lowest BCUT2D eigenvalue weighted by Crippen LogP contribution is -2.21. The van der Waals surface area contributed by atoms with Crippen LogP contribution in [-0.4, -0.2) is 48.6 Å². The number of aryl methyl sites for hydroxylation is 1. The Bertz CT molecular complexity index is 1140. The zero-order valence-electron chi connectivity index (χ0n) is 19.5. The molecular formula is C24H28F3N3O4. The van der Waals surface area contributed by atoms with Gasteiger partial charge in [0.15, 0.2) is 11.5 Å². The molecule has 1 atom stereocenters. The van der Waals surface area contributed by atoms with Crippen molar-refractivity contribution in [2.24, 2.45) is 0 Å². The quantitative estimate of drug-likeness (QED) is 0.416. The van der Waals surface area contributed by atoms with E-state index < -0.39 is 23.9 Å². The number of aromatic nitrogens is 2. The van der Waals surface area contributed by atoms with Crippen molar-refractivity contribution in [2.75, 3.05) is 32.8 Å². The molecule has 0 spiro atoms. The maximum absolute atomic E-state index is 14.8. The van der Waals surface area contributed by atoms with Crippen LogP contribution in [0.2, 0.25) is 0 Å². The van der Waals surface area contributed by atoms with Crippen LogP contribution in [0.15, 0.2) is 30.3 Å². The average Bonchev–Trinajstić information content (AvgIpc) is 2.82. The summed E-state index contributed by atoms with van der Waals surface area (Å²) < 4.78 is 59.3. The molecule has 0 aliphatic carbocycles. The number of ether oxygens (including phenoxy) is 3. The maximum Gasteiger partial charge on any atom is 0.298 e. The molecule has 3 rings (SSSR count). The average molecular weight is 479 g/mol. The molecule has 10 heteroatoms. The van der Waals surface area contributed by atoms with Crippen LogP contribution in [0.5, 0.6) is 11.5 Å². The zero-order chi connectivity index (χ0) is 24.9. The number of hydrogen-bond donors (Lipinski definition) is 2. The van der Waals surface area contributed by atoms with E-state index in [2.05, 4.69) is 15.3 Å². The Balaban J connectivity index is 1.98. The number of rotatable bonds is 11. The van der Waals surface area contributed by atoms with Gasteiger partial charge in [-0.25, -0.2) is 14.4 Å². The summed E-state index contributed by atoms with van der Waals surface area (Å²) in [7, 11) is 3.11. The molecule has 3 aromatic rings. The maximum atomic E-state index is 14.8. The molecule has 0 amide bonds. The normalized spacial score (nSPS) is 12.6. The van der Waals surface area contributed by atoms with Gasteiger partial charge in [0.2, 0.25) is 0 Å². The highest BCUT2D eigenvalue weighted by molar-refractivity contribution is 5.91. The third kappa shape index (κ3) is 5.51. The summed E-state index contributed by atoms with van der Waals surface area (Å²) in [6, 6.07) is 7.11. The van der Waals surface area contributed by atoms with Crippen LogP contribution in [0.4, 0.5) is 19.0 Å². The number of halogens is 3. The number of nitrogens with zero attached hydrogens (tertiary/aromatic N) is 2. The molecule has 0 bridgehead atoms. The first kappa shape index (κ1) is 25.5. The molecule has 0 aliphatic heterocycles. The number of nitrogens with one attached hydrogen (secondary N) is 1. The van der Waals surface area contributed by atoms with Gasteiger partial charge >= 0.3 is 0 Å². The fourth-order valence-corrected chi connectivity index (χ4v) is 3.50. The number of methoxy groups -OCH3 is 2. The summed E-state index contributed by atoms with van der Waals surface area (Å²) in [6.07, 6.45) is 0.502. The van der Waals surface area contributed by atoms with Crippen LogP contribution >= 0.6 is 0 Å². The highest BCUT2D eigenvalue weighted by Gasteiger charge is 2.34. The topological polar surface area (TPSA) is 85.7 Å². The van der Waals surface area contributed by atoms with E-state index in [-0.39, 0.29) is 18.2 Å². The molecule has 7 nitrogen and oxygen atoms in total. The van der Waals surface area contributed by atoms with Crippen LogP contribution < -0.4 is 14.8 Å². The molecule has 2 N–H and O–H groups in total. The summed E-state index contributed by atoms with van der Waals surface area (Å²) in [5.74, 6) is -2.98. The third-order valence-corrected chi connectivity index (χ3v) is 5.31. The van der Waals surface area contributed by atoms with Crippen molar-refractivity contribution < 1.29 is 32.5 Å². The lowest BCUT2D eigenvalue weighted by Gasteiger charge is -2.20. The van der Waals surface area contributed by atoms with Crippen LogP contribution in [0.3, 0.4) is 0 Å². The first-order chi connectivity index (χ1) is 16.2. The molecule has 0 fully saturated rings. The molecule has 184 valence electrons. The first-order valence-electron chi connectivity index (χ1n) is 10.8. The molecular weight excluding hydrogens is 451 g/mol. The van der Waals surface area contributed by atoms with Gasteiger partial charge in [-0.2, -0.15) is 8.78 Å². The number of fused-ring (bicyclic) bond motifs is 1. The summed E-state index contributed by atoms with van der Waals surface area (Å²) in [4.78, 5) is 8.85. The molecule has 0 radical (unpaired) electrons. The lowest BCUT2D eigenvalue weighted by atomic mass is 10.0. The van der Waals surface area contributed by atoms with Gasteiger partial charge in [-0.05, 0) is 25.5 Å². The van der Waals surface area contributed by atoms with Gasteiger partial charge < -0.3 is 24.6 Å². The predicted molar refractivity (Wildman–Crippen MR) is 122 cm³/mol. The monoisotopic (exact) mass is 479 g/mol. The van der Waals surface area contributed by atoms with E-state index in [1.807, 2.05) is 6.92 Å². The second-order valence-corrected chi connectivity index (χ2v) is 7.74. The van der Waals surface area contributed by atoms with Crippen molar-refractivity contribution in [3.63, 3.8) is 0 Å². The predicted octanol–water partition coefficient (Wildman–Crippen LogP) is 4.59. The Morgan fingerprint density at radius 3 is 2.56 bits per heavy atom. The van der Waals surface area contributed by atoms with E-state index in [1.165, 1.54) is 19.2 Å². The van der Waals surface area contributed by atoms with Gasteiger partial charge in [0.05, 0.1) is 24.8 Å². The number of aliphatic hydroxyl groups is 1. The number of alkyl halides is 2. The summed E-state index contributed by atoms with van der Waals surface area (Å²) in [6.45, 7) is 2.47. The van der Waals surface area contributed by atoms with Crippen molar-refractivity contribution in [3.05, 3.63) is 53.1 Å². The smallest absolute Gasteiger partial charge is 0.298 e. The van der Waals surface area contributed by atoms with Crippen molar-refractivity contribution in [2.45, 2.75) is 38.8 Å². The Morgan fingerprint density at radius 2 is 1.91 bits per heavy atom. The number of aliphatic hydroxyl groups excluding tert-OH is 1. The van der Waals surface area contributed by atoms with Gasteiger partial charge in [0, 0.05) is 30.7 Å². The number of anilines is 1. The Morgan fingerprint density at radius 1 is 1.15 bits per heavy atom. The van der Waals surface area contributed by atoms with Crippen molar-refractivity contribution in [1.82, 2.24) is 9.97 Å². The molecule has 1 heterocycles. The molecule has 0 saturated carbocycles. The molecule has 0 saturated heterocycles. The summed E-state index contributed by atoms with van der Waals surface area (Å²) >= 11 is 0. The van der Waals surface area contributed by atoms with Crippen molar-refractivity contribution in [3.8, 4) is 11.5 Å². The summed E-state index contributed by atoms with van der Waals surface area (Å²) in [5, 5.41) is 12.5. The van der Waals surface area contributed by atoms with Gasteiger partial charge in [-0.15, -0.1) is 0 Å². The van der Waals surface area contributed by atoms with Gasteiger partial charge in [-0.3, -0.25) is 0 Å².